The van der Waals surface area contributed by atoms with Gasteiger partial charge in [0.1, 0.15) is 0 Å². The van der Waals surface area contributed by atoms with Gasteiger partial charge in [-0.15, -0.1) is 11.3 Å². The van der Waals surface area contributed by atoms with Crippen LogP contribution in [0.15, 0.2) is 0 Å². The van der Waals surface area contributed by atoms with E-state index in [1.54, 1.807) is 11.3 Å². The fourth-order valence-electron chi connectivity index (χ4n) is 2.87. The Bertz CT molecular complexity index is 424. The number of nitrogens with zero attached hydrogens (tertiary/aromatic N) is 2. The molecule has 0 radical (unpaired) electrons. The molecule has 2 aliphatic rings. The van der Waals surface area contributed by atoms with Crippen LogP contribution >= 0.6 is 11.3 Å². The molecular weight excluding hydrogens is 273 g/mol. The maximum atomic E-state index is 12.6. The van der Waals surface area contributed by atoms with Crippen LogP contribution in [-0.4, -0.2) is 24.2 Å². The summed E-state index contributed by atoms with van der Waals surface area (Å²) >= 11 is 1.68. The van der Waals surface area contributed by atoms with Crippen molar-refractivity contribution < 1.29 is 13.2 Å². The normalized spacial score (nSPS) is 21.5. The highest BCUT2D eigenvalue weighted by Crippen LogP contribution is 2.37. The second-order valence-corrected chi connectivity index (χ2v) is 6.44. The molecule has 0 aromatic carbocycles. The van der Waals surface area contributed by atoms with E-state index < -0.39 is 12.1 Å². The Morgan fingerprint density at radius 1 is 1.11 bits per heavy atom. The number of anilines is 1. The second kappa shape index (κ2) is 4.96. The molecule has 0 unspecified atom stereocenters. The van der Waals surface area contributed by atoms with Crippen molar-refractivity contribution >= 4 is 16.5 Å². The van der Waals surface area contributed by atoms with E-state index >= 15 is 0 Å². The van der Waals surface area contributed by atoms with Gasteiger partial charge < -0.3 is 4.90 Å². The maximum Gasteiger partial charge on any atom is 0.391 e. The number of aryl methyl sites for hydroxylation is 2. The molecule has 1 saturated heterocycles. The lowest BCUT2D eigenvalue weighted by molar-refractivity contribution is -0.179. The summed E-state index contributed by atoms with van der Waals surface area (Å²) in [5.74, 6) is -1.13. The van der Waals surface area contributed by atoms with Gasteiger partial charge in [-0.1, -0.05) is 0 Å². The lowest BCUT2D eigenvalue weighted by Crippen LogP contribution is -2.38. The number of alkyl halides is 3. The van der Waals surface area contributed by atoms with Gasteiger partial charge in [0.05, 0.1) is 11.6 Å². The zero-order valence-electron chi connectivity index (χ0n) is 10.7. The summed E-state index contributed by atoms with van der Waals surface area (Å²) in [7, 11) is 0. The molecule has 6 heteroatoms. The van der Waals surface area contributed by atoms with E-state index in [1.807, 2.05) is 4.90 Å². The van der Waals surface area contributed by atoms with Crippen LogP contribution in [0.2, 0.25) is 0 Å². The Morgan fingerprint density at radius 3 is 2.42 bits per heavy atom. The van der Waals surface area contributed by atoms with E-state index in [2.05, 4.69) is 4.98 Å². The first-order valence-corrected chi connectivity index (χ1v) is 7.66. The first-order valence-electron chi connectivity index (χ1n) is 6.84. The Kier molecular flexibility index (Phi) is 3.45. The molecular formula is C13H17F3N2S. The minimum atomic E-state index is -4.03. The molecule has 0 amide bonds. The number of hydrogen-bond acceptors (Lipinski definition) is 3. The molecule has 0 saturated carbocycles. The predicted molar refractivity (Wildman–Crippen MR) is 69.7 cm³/mol. The topological polar surface area (TPSA) is 16.1 Å². The molecule has 1 aliphatic heterocycles. The van der Waals surface area contributed by atoms with Gasteiger partial charge in [0, 0.05) is 18.0 Å². The van der Waals surface area contributed by atoms with Crippen LogP contribution in [0.5, 0.6) is 0 Å². The summed E-state index contributed by atoms with van der Waals surface area (Å²) in [6.07, 6.45) is 0.893. The Labute approximate surface area is 114 Å². The zero-order chi connectivity index (χ0) is 13.5. The number of halogens is 3. The van der Waals surface area contributed by atoms with Gasteiger partial charge in [-0.3, -0.25) is 0 Å². The van der Waals surface area contributed by atoms with E-state index in [9.17, 15) is 13.2 Å². The largest absolute Gasteiger partial charge is 0.391 e. The highest BCUT2D eigenvalue weighted by Gasteiger charge is 2.41. The molecule has 1 aliphatic carbocycles. The summed E-state index contributed by atoms with van der Waals surface area (Å²) in [5.41, 5.74) is 1.18. The number of hydrogen-bond donors (Lipinski definition) is 0. The minimum Gasteiger partial charge on any atom is -0.348 e. The Balaban J connectivity index is 1.67. The molecule has 19 heavy (non-hydrogen) atoms. The van der Waals surface area contributed by atoms with E-state index in [0.29, 0.717) is 13.1 Å². The maximum absolute atomic E-state index is 12.6. The van der Waals surface area contributed by atoms with Crippen LogP contribution in [0.1, 0.15) is 36.3 Å². The highest BCUT2D eigenvalue weighted by atomic mass is 32.1. The van der Waals surface area contributed by atoms with E-state index in [1.165, 1.54) is 23.4 Å². The van der Waals surface area contributed by atoms with Crippen molar-refractivity contribution in [3.05, 3.63) is 10.6 Å². The molecule has 3 rings (SSSR count). The minimum absolute atomic E-state index is 0.202. The number of rotatable bonds is 1. The zero-order valence-corrected chi connectivity index (χ0v) is 11.5. The third-order valence-corrected chi connectivity index (χ3v) is 5.28. The van der Waals surface area contributed by atoms with Crippen LogP contribution in [0, 0.1) is 5.92 Å². The van der Waals surface area contributed by atoms with Crippen molar-refractivity contribution in [2.75, 3.05) is 18.0 Å². The number of thiazole rings is 1. The summed E-state index contributed by atoms with van der Waals surface area (Å²) in [6.45, 7) is 0.965. The van der Waals surface area contributed by atoms with Crippen molar-refractivity contribution in [2.24, 2.45) is 5.92 Å². The molecule has 1 fully saturated rings. The summed E-state index contributed by atoms with van der Waals surface area (Å²) in [4.78, 5) is 8.00. The molecule has 0 atom stereocenters. The third-order valence-electron chi connectivity index (χ3n) is 4.06. The second-order valence-electron chi connectivity index (χ2n) is 5.38. The van der Waals surface area contributed by atoms with Crippen molar-refractivity contribution in [1.82, 2.24) is 4.98 Å². The molecule has 2 nitrogen and oxygen atoms in total. The fourth-order valence-corrected chi connectivity index (χ4v) is 4.07. The molecule has 2 heterocycles. The van der Waals surface area contributed by atoms with Crippen molar-refractivity contribution in [3.63, 3.8) is 0 Å². The lowest BCUT2D eigenvalue weighted by atomic mass is 9.97. The summed E-state index contributed by atoms with van der Waals surface area (Å²) in [6, 6.07) is 0. The van der Waals surface area contributed by atoms with Gasteiger partial charge in [-0.25, -0.2) is 4.98 Å². The Morgan fingerprint density at radius 2 is 1.79 bits per heavy atom. The molecule has 0 spiro atoms. The number of aromatic nitrogens is 1. The molecule has 0 N–H and O–H groups in total. The van der Waals surface area contributed by atoms with Gasteiger partial charge in [0.2, 0.25) is 0 Å². The first-order chi connectivity index (χ1) is 9.04. The average molecular weight is 290 g/mol. The quantitative estimate of drug-likeness (QED) is 0.782. The average Bonchev–Trinajstić information content (AvgIpc) is 2.81. The number of fused-ring (bicyclic) bond motifs is 1. The SMILES string of the molecule is FC(F)(F)C1CCN(c2nc3c(s2)CCCC3)CC1. The van der Waals surface area contributed by atoms with Crippen molar-refractivity contribution in [3.8, 4) is 0 Å². The van der Waals surface area contributed by atoms with Crippen LogP contribution in [0.25, 0.3) is 0 Å². The molecule has 1 aromatic heterocycles. The van der Waals surface area contributed by atoms with Crippen molar-refractivity contribution in [2.45, 2.75) is 44.7 Å². The summed E-state index contributed by atoms with van der Waals surface area (Å²) in [5, 5.41) is 0.938. The Hall–Kier alpha value is -0.780. The highest BCUT2D eigenvalue weighted by molar-refractivity contribution is 7.15. The molecule has 106 valence electrons. The van der Waals surface area contributed by atoms with Gasteiger partial charge in [-0.2, -0.15) is 13.2 Å². The van der Waals surface area contributed by atoms with Gasteiger partial charge in [-0.05, 0) is 38.5 Å². The van der Waals surface area contributed by atoms with Crippen LogP contribution in [0.4, 0.5) is 18.3 Å². The van der Waals surface area contributed by atoms with Gasteiger partial charge in [0.15, 0.2) is 5.13 Å². The van der Waals surface area contributed by atoms with Gasteiger partial charge >= 0.3 is 6.18 Å². The van der Waals surface area contributed by atoms with Gasteiger partial charge in [0.25, 0.3) is 0 Å². The van der Waals surface area contributed by atoms with E-state index in [4.69, 9.17) is 0 Å². The standard InChI is InChI=1S/C13H17F3N2S/c14-13(15,16)9-5-7-18(8-6-9)12-17-10-3-1-2-4-11(10)19-12/h9H,1-8H2. The summed E-state index contributed by atoms with van der Waals surface area (Å²) < 4.78 is 37.9. The third kappa shape index (κ3) is 2.73. The van der Waals surface area contributed by atoms with Crippen molar-refractivity contribution in [1.29, 1.82) is 0 Å². The monoisotopic (exact) mass is 290 g/mol. The fraction of sp³-hybridized carbons (Fsp3) is 0.769. The smallest absolute Gasteiger partial charge is 0.348 e. The van der Waals surface area contributed by atoms with E-state index in [0.717, 1.165) is 18.0 Å². The van der Waals surface area contributed by atoms with Crippen LogP contribution in [-0.2, 0) is 12.8 Å². The predicted octanol–water partition coefficient (Wildman–Crippen LogP) is 3.80. The van der Waals surface area contributed by atoms with Crippen LogP contribution < -0.4 is 4.90 Å². The van der Waals surface area contributed by atoms with Crippen LogP contribution in [0.3, 0.4) is 0 Å². The first kappa shape index (κ1) is 13.2. The number of piperidine rings is 1. The molecule has 0 bridgehead atoms. The molecule has 1 aromatic rings. The van der Waals surface area contributed by atoms with E-state index in [-0.39, 0.29) is 12.8 Å². The lowest BCUT2D eigenvalue weighted by Gasteiger charge is -2.32.